The van der Waals surface area contributed by atoms with Crippen molar-refractivity contribution in [3.63, 3.8) is 0 Å². The van der Waals surface area contributed by atoms with E-state index in [1.54, 1.807) is 19.2 Å². The Hall–Kier alpha value is -1.95. The van der Waals surface area contributed by atoms with Gasteiger partial charge in [-0.2, -0.15) is 0 Å². The van der Waals surface area contributed by atoms with E-state index in [0.29, 0.717) is 31.2 Å². The summed E-state index contributed by atoms with van der Waals surface area (Å²) < 4.78 is 10.2. The molecule has 1 aromatic rings. The maximum absolute atomic E-state index is 11.5. The third-order valence-corrected chi connectivity index (χ3v) is 2.32. The SMILES string of the molecule is CCOc1cc(N)cc(NCC(=O)NCCOC)c1. The lowest BCUT2D eigenvalue weighted by atomic mass is 10.2. The van der Waals surface area contributed by atoms with Crippen LogP contribution in [0, 0.1) is 0 Å². The van der Waals surface area contributed by atoms with Crippen molar-refractivity contribution in [1.82, 2.24) is 5.32 Å². The summed E-state index contributed by atoms with van der Waals surface area (Å²) in [5.41, 5.74) is 7.10. The minimum Gasteiger partial charge on any atom is -0.494 e. The summed E-state index contributed by atoms with van der Waals surface area (Å²) in [6, 6.07) is 5.31. The number of carbonyl (C=O) groups is 1. The number of rotatable bonds is 8. The number of amides is 1. The van der Waals surface area contributed by atoms with Crippen LogP contribution in [0.2, 0.25) is 0 Å². The van der Waals surface area contributed by atoms with Gasteiger partial charge in [-0.25, -0.2) is 0 Å². The van der Waals surface area contributed by atoms with E-state index >= 15 is 0 Å². The summed E-state index contributed by atoms with van der Waals surface area (Å²) in [7, 11) is 1.59. The van der Waals surface area contributed by atoms with Crippen molar-refractivity contribution in [2.75, 3.05) is 44.5 Å². The molecule has 0 aliphatic heterocycles. The van der Waals surface area contributed by atoms with Crippen molar-refractivity contribution >= 4 is 17.3 Å². The van der Waals surface area contributed by atoms with Crippen LogP contribution in [0.25, 0.3) is 0 Å². The number of ether oxygens (including phenoxy) is 2. The molecule has 19 heavy (non-hydrogen) atoms. The Morgan fingerprint density at radius 1 is 1.37 bits per heavy atom. The summed E-state index contributed by atoms with van der Waals surface area (Å²) in [5.74, 6) is 0.585. The Bertz CT molecular complexity index is 410. The molecule has 0 spiro atoms. The third-order valence-electron chi connectivity index (χ3n) is 2.32. The monoisotopic (exact) mass is 267 g/mol. The second kappa shape index (κ2) is 8.20. The molecule has 4 N–H and O–H groups in total. The highest BCUT2D eigenvalue weighted by molar-refractivity contribution is 5.81. The molecule has 1 aromatic carbocycles. The first-order valence-corrected chi connectivity index (χ1v) is 6.18. The number of nitrogens with one attached hydrogen (secondary N) is 2. The fraction of sp³-hybridized carbons (Fsp3) is 0.462. The van der Waals surface area contributed by atoms with Crippen molar-refractivity contribution in [2.24, 2.45) is 0 Å². The Balaban J connectivity index is 2.45. The minimum atomic E-state index is -0.0996. The molecule has 0 aromatic heterocycles. The predicted octanol–water partition coefficient (Wildman–Crippen LogP) is 0.842. The van der Waals surface area contributed by atoms with Gasteiger partial charge in [-0.1, -0.05) is 0 Å². The van der Waals surface area contributed by atoms with E-state index in [4.69, 9.17) is 15.2 Å². The number of hydrogen-bond acceptors (Lipinski definition) is 5. The van der Waals surface area contributed by atoms with Crippen LogP contribution in [0.3, 0.4) is 0 Å². The lowest BCUT2D eigenvalue weighted by Crippen LogP contribution is -2.32. The van der Waals surface area contributed by atoms with E-state index < -0.39 is 0 Å². The Kier molecular flexibility index (Phi) is 6.52. The zero-order valence-electron chi connectivity index (χ0n) is 11.4. The highest BCUT2D eigenvalue weighted by Gasteiger charge is 2.03. The Labute approximate surface area is 113 Å². The molecule has 0 heterocycles. The predicted molar refractivity (Wildman–Crippen MR) is 75.4 cm³/mol. The first-order chi connectivity index (χ1) is 9.15. The molecule has 0 fully saturated rings. The number of anilines is 2. The molecule has 0 aliphatic rings. The number of hydrogen-bond donors (Lipinski definition) is 3. The molecule has 6 nitrogen and oxygen atoms in total. The molecule has 106 valence electrons. The second-order valence-electron chi connectivity index (χ2n) is 3.92. The first kappa shape index (κ1) is 15.1. The molecule has 0 aliphatic carbocycles. The smallest absolute Gasteiger partial charge is 0.239 e. The number of nitrogen functional groups attached to an aromatic ring is 1. The molecular formula is C13H21N3O3. The van der Waals surface area contributed by atoms with E-state index in [1.165, 1.54) is 0 Å². The number of nitrogens with two attached hydrogens (primary N) is 1. The summed E-state index contributed by atoms with van der Waals surface area (Å²) >= 11 is 0. The molecule has 0 atom stereocenters. The zero-order valence-corrected chi connectivity index (χ0v) is 11.4. The van der Waals surface area contributed by atoms with Crippen molar-refractivity contribution in [1.29, 1.82) is 0 Å². The van der Waals surface area contributed by atoms with Gasteiger partial charge in [-0.15, -0.1) is 0 Å². The zero-order chi connectivity index (χ0) is 14.1. The van der Waals surface area contributed by atoms with Crippen molar-refractivity contribution in [3.8, 4) is 5.75 Å². The van der Waals surface area contributed by atoms with Crippen molar-refractivity contribution in [3.05, 3.63) is 18.2 Å². The van der Waals surface area contributed by atoms with E-state index in [0.717, 1.165) is 5.69 Å². The summed E-state index contributed by atoms with van der Waals surface area (Å²) in [4.78, 5) is 11.5. The number of benzene rings is 1. The van der Waals surface area contributed by atoms with Gasteiger partial charge in [-0.05, 0) is 13.0 Å². The van der Waals surface area contributed by atoms with Crippen LogP contribution in [0.1, 0.15) is 6.92 Å². The van der Waals surface area contributed by atoms with Gasteiger partial charge < -0.3 is 25.8 Å². The average molecular weight is 267 g/mol. The molecule has 0 saturated heterocycles. The van der Waals surface area contributed by atoms with E-state index in [-0.39, 0.29) is 12.5 Å². The van der Waals surface area contributed by atoms with Crippen LogP contribution < -0.4 is 21.1 Å². The van der Waals surface area contributed by atoms with E-state index in [9.17, 15) is 4.79 Å². The van der Waals surface area contributed by atoms with Gasteiger partial charge in [0.2, 0.25) is 5.91 Å². The first-order valence-electron chi connectivity index (χ1n) is 6.18. The van der Waals surface area contributed by atoms with Gasteiger partial charge in [0.05, 0.1) is 19.8 Å². The molecule has 0 bridgehead atoms. The van der Waals surface area contributed by atoms with Gasteiger partial charge >= 0.3 is 0 Å². The van der Waals surface area contributed by atoms with E-state index in [2.05, 4.69) is 10.6 Å². The fourth-order valence-electron chi connectivity index (χ4n) is 1.51. The fourth-order valence-corrected chi connectivity index (χ4v) is 1.51. The van der Waals surface area contributed by atoms with Gasteiger partial charge in [-0.3, -0.25) is 4.79 Å². The summed E-state index contributed by atoms with van der Waals surface area (Å²) in [6.07, 6.45) is 0. The molecule has 0 unspecified atom stereocenters. The second-order valence-corrected chi connectivity index (χ2v) is 3.92. The summed E-state index contributed by atoms with van der Waals surface area (Å²) in [6.45, 7) is 3.65. The van der Waals surface area contributed by atoms with Crippen LogP contribution in [-0.4, -0.2) is 39.3 Å². The standard InChI is InChI=1S/C13H21N3O3/c1-3-19-12-7-10(14)6-11(8-12)16-9-13(17)15-4-5-18-2/h6-8,16H,3-5,9,14H2,1-2H3,(H,15,17). The average Bonchev–Trinajstić information content (AvgIpc) is 2.36. The lowest BCUT2D eigenvalue weighted by Gasteiger charge is -2.10. The van der Waals surface area contributed by atoms with Crippen molar-refractivity contribution in [2.45, 2.75) is 6.92 Å². The van der Waals surface area contributed by atoms with Crippen LogP contribution in [0.15, 0.2) is 18.2 Å². The maximum atomic E-state index is 11.5. The molecular weight excluding hydrogens is 246 g/mol. The lowest BCUT2D eigenvalue weighted by molar-refractivity contribution is -0.119. The highest BCUT2D eigenvalue weighted by Crippen LogP contribution is 2.22. The molecule has 0 radical (unpaired) electrons. The normalized spacial score (nSPS) is 10.0. The van der Waals surface area contributed by atoms with Crippen LogP contribution >= 0.6 is 0 Å². The largest absolute Gasteiger partial charge is 0.494 e. The quantitative estimate of drug-likeness (QED) is 0.480. The Morgan fingerprint density at radius 2 is 2.16 bits per heavy atom. The number of carbonyl (C=O) groups excluding carboxylic acids is 1. The topological polar surface area (TPSA) is 85.6 Å². The number of methoxy groups -OCH3 is 1. The molecule has 1 rings (SSSR count). The third kappa shape index (κ3) is 5.96. The van der Waals surface area contributed by atoms with Crippen LogP contribution in [0.5, 0.6) is 5.75 Å². The molecule has 6 heteroatoms. The van der Waals surface area contributed by atoms with Gasteiger partial charge in [0.1, 0.15) is 5.75 Å². The van der Waals surface area contributed by atoms with Gasteiger partial charge in [0.15, 0.2) is 0 Å². The van der Waals surface area contributed by atoms with E-state index in [1.807, 2.05) is 13.0 Å². The maximum Gasteiger partial charge on any atom is 0.239 e. The minimum absolute atomic E-state index is 0.0996. The van der Waals surface area contributed by atoms with Gasteiger partial charge in [0, 0.05) is 37.2 Å². The highest BCUT2D eigenvalue weighted by atomic mass is 16.5. The van der Waals surface area contributed by atoms with Crippen LogP contribution in [-0.2, 0) is 9.53 Å². The van der Waals surface area contributed by atoms with Crippen LogP contribution in [0.4, 0.5) is 11.4 Å². The summed E-state index contributed by atoms with van der Waals surface area (Å²) in [5, 5.41) is 5.72. The molecule has 1 amide bonds. The Morgan fingerprint density at radius 3 is 2.84 bits per heavy atom. The van der Waals surface area contributed by atoms with Gasteiger partial charge in [0.25, 0.3) is 0 Å². The van der Waals surface area contributed by atoms with Crippen molar-refractivity contribution < 1.29 is 14.3 Å². The molecule has 0 saturated carbocycles.